The van der Waals surface area contributed by atoms with E-state index in [0.717, 1.165) is 5.56 Å². The van der Waals surface area contributed by atoms with Gasteiger partial charge in [-0.05, 0) is 30.7 Å². The molecule has 3 aromatic rings. The van der Waals surface area contributed by atoms with Gasteiger partial charge in [-0.3, -0.25) is 4.79 Å². The maximum absolute atomic E-state index is 15.1. The second kappa shape index (κ2) is 7.47. The molecule has 0 spiro atoms. The summed E-state index contributed by atoms with van der Waals surface area (Å²) in [5.74, 6) is 0.751. The Bertz CT molecular complexity index is 1320. The Morgan fingerprint density at radius 1 is 1.23 bits per heavy atom. The smallest absolute Gasteiger partial charge is 0.274 e. The van der Waals surface area contributed by atoms with E-state index < -0.39 is 25.4 Å². The number of fused-ring (bicyclic) bond motifs is 2. The number of ether oxygens (including phenoxy) is 3. The van der Waals surface area contributed by atoms with Crippen molar-refractivity contribution in [2.45, 2.75) is 25.6 Å². The number of aryl methyl sites for hydroxylation is 1. The number of piperidine rings is 1. The topological polar surface area (TPSA) is 78.2 Å². The summed E-state index contributed by atoms with van der Waals surface area (Å²) in [7, 11) is 0. The molecule has 0 saturated carbocycles. The molecule has 0 unspecified atom stereocenters. The highest BCUT2D eigenvalue weighted by Gasteiger charge is 2.32. The third kappa shape index (κ3) is 3.40. The van der Waals surface area contributed by atoms with Crippen LogP contribution < -0.4 is 24.7 Å². The van der Waals surface area contributed by atoms with E-state index in [9.17, 15) is 4.79 Å². The van der Waals surface area contributed by atoms with Gasteiger partial charge in [-0.15, -0.1) is 5.10 Å². The molecule has 0 N–H and O–H groups in total. The number of benzene rings is 1. The van der Waals surface area contributed by atoms with Crippen molar-refractivity contribution in [1.82, 2.24) is 14.6 Å². The SMILES string of the molecule is [2H]C1([2H])Oc2ccc(O[C@@H]3CCN(c4nn5c(=O)ccnc5cc4C)C[C@H]3F)cc2OC1([2H])[2H]. The van der Waals surface area contributed by atoms with Crippen molar-refractivity contribution in [2.24, 2.45) is 0 Å². The van der Waals surface area contributed by atoms with Gasteiger partial charge < -0.3 is 19.1 Å². The van der Waals surface area contributed by atoms with E-state index in [0.29, 0.717) is 24.4 Å². The second-order valence-electron chi connectivity index (χ2n) is 7.13. The Labute approximate surface area is 177 Å². The average Bonchev–Trinajstić information content (AvgIpc) is 2.75. The van der Waals surface area contributed by atoms with E-state index >= 15 is 4.39 Å². The molecule has 156 valence electrons. The van der Waals surface area contributed by atoms with Crippen LogP contribution >= 0.6 is 0 Å². The number of hydrogen-bond acceptors (Lipinski definition) is 7. The summed E-state index contributed by atoms with van der Waals surface area (Å²) >= 11 is 0. The molecule has 9 heteroatoms. The van der Waals surface area contributed by atoms with Crippen molar-refractivity contribution in [1.29, 1.82) is 0 Å². The first kappa shape index (κ1) is 14.6. The van der Waals surface area contributed by atoms with Gasteiger partial charge in [0.2, 0.25) is 0 Å². The van der Waals surface area contributed by atoms with E-state index in [1.165, 1.54) is 35.0 Å². The molecule has 1 aromatic carbocycles. The van der Waals surface area contributed by atoms with Gasteiger partial charge >= 0.3 is 0 Å². The van der Waals surface area contributed by atoms with Crippen LogP contribution in [0.4, 0.5) is 10.2 Å². The monoisotopic (exact) mass is 416 g/mol. The Balaban J connectivity index is 1.31. The Morgan fingerprint density at radius 2 is 2.07 bits per heavy atom. The number of anilines is 1. The van der Waals surface area contributed by atoms with E-state index in [1.54, 1.807) is 11.0 Å². The molecule has 0 aliphatic carbocycles. The van der Waals surface area contributed by atoms with Crippen LogP contribution in [0.2, 0.25) is 0 Å². The predicted molar refractivity (Wildman–Crippen MR) is 108 cm³/mol. The fourth-order valence-corrected chi connectivity index (χ4v) is 3.62. The molecule has 1 saturated heterocycles. The third-order valence-electron chi connectivity index (χ3n) is 5.09. The zero-order chi connectivity index (χ0) is 24.3. The molecule has 0 amide bonds. The predicted octanol–water partition coefficient (Wildman–Crippen LogP) is 2.16. The normalized spacial score (nSPS) is 26.3. The fourth-order valence-electron chi connectivity index (χ4n) is 3.62. The molecule has 0 bridgehead atoms. The van der Waals surface area contributed by atoms with Gasteiger partial charge in [-0.1, -0.05) is 0 Å². The van der Waals surface area contributed by atoms with E-state index in [2.05, 4.69) is 10.1 Å². The summed E-state index contributed by atoms with van der Waals surface area (Å²) in [5, 5.41) is 4.38. The fraction of sp³-hybridized carbons (Fsp3) is 0.381. The molecule has 0 radical (unpaired) electrons. The lowest BCUT2D eigenvalue weighted by atomic mass is 10.1. The van der Waals surface area contributed by atoms with Gasteiger partial charge in [0, 0.05) is 31.3 Å². The van der Waals surface area contributed by atoms with Crippen molar-refractivity contribution in [2.75, 3.05) is 31.1 Å². The van der Waals surface area contributed by atoms with Crippen molar-refractivity contribution >= 4 is 11.5 Å². The van der Waals surface area contributed by atoms with Crippen molar-refractivity contribution in [3.63, 3.8) is 0 Å². The number of rotatable bonds is 3. The van der Waals surface area contributed by atoms with Crippen molar-refractivity contribution < 1.29 is 24.1 Å². The van der Waals surface area contributed by atoms with Gasteiger partial charge in [0.05, 0.1) is 12.0 Å². The molecule has 8 nitrogen and oxygen atoms in total. The van der Waals surface area contributed by atoms with Gasteiger partial charge in [-0.25, -0.2) is 9.37 Å². The first-order chi connectivity index (χ1) is 16.0. The van der Waals surface area contributed by atoms with Crippen LogP contribution in [0.1, 0.15) is 17.5 Å². The molecule has 1 fully saturated rings. The summed E-state index contributed by atoms with van der Waals surface area (Å²) in [4.78, 5) is 18.0. The second-order valence-corrected chi connectivity index (χ2v) is 7.13. The van der Waals surface area contributed by atoms with Gasteiger partial charge in [-0.2, -0.15) is 4.52 Å². The van der Waals surface area contributed by atoms with Crippen LogP contribution in [0.5, 0.6) is 17.2 Å². The summed E-state index contributed by atoms with van der Waals surface area (Å²) in [5.41, 5.74) is 0.864. The molecule has 4 heterocycles. The Morgan fingerprint density at radius 3 is 2.90 bits per heavy atom. The van der Waals surface area contributed by atoms with Gasteiger partial charge in [0.1, 0.15) is 25.0 Å². The number of halogens is 1. The highest BCUT2D eigenvalue weighted by Crippen LogP contribution is 2.35. The molecular weight excluding hydrogens is 391 g/mol. The summed E-state index contributed by atoms with van der Waals surface area (Å²) < 4.78 is 63.0. The first-order valence-corrected chi connectivity index (χ1v) is 9.47. The van der Waals surface area contributed by atoms with Crippen molar-refractivity contribution in [3.8, 4) is 17.2 Å². The lowest BCUT2D eigenvalue weighted by Gasteiger charge is -2.36. The largest absolute Gasteiger partial charge is 0.487 e. The Hall–Kier alpha value is -3.36. The lowest BCUT2D eigenvalue weighted by molar-refractivity contribution is 0.0809. The van der Waals surface area contributed by atoms with Crippen LogP contribution in [-0.4, -0.2) is 53.1 Å². The van der Waals surface area contributed by atoms with Crippen LogP contribution in [-0.2, 0) is 0 Å². The maximum atomic E-state index is 15.1. The molecule has 2 aromatic heterocycles. The highest BCUT2D eigenvalue weighted by molar-refractivity contribution is 5.53. The van der Waals surface area contributed by atoms with E-state index in [1.807, 2.05) is 6.92 Å². The summed E-state index contributed by atoms with van der Waals surface area (Å²) in [6, 6.07) is 7.29. The molecule has 2 atom stereocenters. The molecule has 30 heavy (non-hydrogen) atoms. The van der Waals surface area contributed by atoms with Crippen LogP contribution in [0, 0.1) is 6.92 Å². The summed E-state index contributed by atoms with van der Waals surface area (Å²) in [6.07, 6.45) is -0.390. The number of aromatic nitrogens is 3. The van der Waals surface area contributed by atoms with Crippen molar-refractivity contribution in [3.05, 3.63) is 52.4 Å². The molecule has 5 rings (SSSR count). The number of hydrogen-bond donors (Lipinski definition) is 0. The third-order valence-corrected chi connectivity index (χ3v) is 5.09. The minimum atomic E-state index is -2.70. The van der Waals surface area contributed by atoms with E-state index in [-0.39, 0.29) is 29.4 Å². The maximum Gasteiger partial charge on any atom is 0.274 e. The van der Waals surface area contributed by atoms with Crippen LogP contribution in [0.15, 0.2) is 41.3 Å². The zero-order valence-corrected chi connectivity index (χ0v) is 16.0. The van der Waals surface area contributed by atoms with Crippen LogP contribution in [0.3, 0.4) is 0 Å². The van der Waals surface area contributed by atoms with E-state index in [4.69, 9.17) is 19.7 Å². The van der Waals surface area contributed by atoms with Gasteiger partial charge in [0.15, 0.2) is 29.1 Å². The number of nitrogens with zero attached hydrogens (tertiary/aromatic N) is 4. The highest BCUT2D eigenvalue weighted by atomic mass is 19.1. The summed E-state index contributed by atoms with van der Waals surface area (Å²) in [6.45, 7) is -3.09. The number of alkyl halides is 1. The lowest BCUT2D eigenvalue weighted by Crippen LogP contribution is -2.47. The first-order valence-electron chi connectivity index (χ1n) is 11.5. The standard InChI is InChI=1S/C21H21FN4O4/c1-13-10-19-23-6-4-20(27)26(19)24-21(13)25-7-5-16(15(22)12-25)30-14-2-3-17-18(11-14)29-9-8-28-17/h2-4,6,10-11,15-16H,5,7-9,12H2,1H3/t15-,16-/m1/s1/i8D2,9D2. The Kier molecular flexibility index (Phi) is 3.64. The minimum absolute atomic E-state index is 0.00628. The van der Waals surface area contributed by atoms with Gasteiger partial charge in [0.25, 0.3) is 5.56 Å². The average molecular weight is 416 g/mol. The minimum Gasteiger partial charge on any atom is -0.487 e. The molecule has 2 aliphatic rings. The zero-order valence-electron chi connectivity index (χ0n) is 20.0. The molecule has 2 aliphatic heterocycles. The quantitative estimate of drug-likeness (QED) is 0.648. The molecular formula is C21H21FN4O4. The van der Waals surface area contributed by atoms with Crippen LogP contribution in [0.25, 0.3) is 5.65 Å².